The van der Waals surface area contributed by atoms with Crippen LogP contribution in [0.25, 0.3) is 0 Å². The molecule has 0 aliphatic heterocycles. The SMILES string of the molecule is CCCl.CCO[SiH](OCC)OCC.CCO[Si](CCCl)(OCC)OCC. The molecule has 0 unspecified atom stereocenters. The van der Waals surface area contributed by atoms with E-state index in [-0.39, 0.29) is 0 Å². The van der Waals surface area contributed by atoms with Gasteiger partial charge in [0.1, 0.15) is 0 Å². The van der Waals surface area contributed by atoms with Crippen molar-refractivity contribution >= 4 is 41.5 Å². The predicted molar refractivity (Wildman–Crippen MR) is 115 cm³/mol. The summed E-state index contributed by atoms with van der Waals surface area (Å²) in [4.78, 5) is 0. The molecular formula is C16H40Cl2O6Si2. The van der Waals surface area contributed by atoms with Crippen LogP contribution in [0.4, 0.5) is 0 Å². The molecule has 0 aromatic rings. The van der Waals surface area contributed by atoms with Crippen LogP contribution in [0, 0.1) is 0 Å². The summed E-state index contributed by atoms with van der Waals surface area (Å²) in [6, 6.07) is 0.685. The molecule has 162 valence electrons. The highest BCUT2D eigenvalue weighted by Crippen LogP contribution is 2.16. The highest BCUT2D eigenvalue weighted by Gasteiger charge is 2.39. The van der Waals surface area contributed by atoms with Crippen LogP contribution in [-0.2, 0) is 26.6 Å². The minimum absolute atomic E-state index is 0.520. The Bertz CT molecular complexity index is 213. The number of alkyl halides is 2. The first-order valence-electron chi connectivity index (χ1n) is 9.39. The molecule has 0 saturated carbocycles. The summed E-state index contributed by atoms with van der Waals surface area (Å²) in [7, 11) is -4.16. The van der Waals surface area contributed by atoms with Crippen LogP contribution < -0.4 is 0 Å². The Morgan fingerprint density at radius 3 is 1.12 bits per heavy atom. The Morgan fingerprint density at radius 2 is 0.923 bits per heavy atom. The van der Waals surface area contributed by atoms with Crippen molar-refractivity contribution in [3.63, 3.8) is 0 Å². The van der Waals surface area contributed by atoms with Gasteiger partial charge in [-0.2, -0.15) is 0 Å². The third kappa shape index (κ3) is 21.1. The molecule has 6 nitrogen and oxygen atoms in total. The first-order chi connectivity index (χ1) is 12.5. The van der Waals surface area contributed by atoms with Gasteiger partial charge in [-0.1, -0.05) is 6.92 Å². The topological polar surface area (TPSA) is 55.4 Å². The van der Waals surface area contributed by atoms with Gasteiger partial charge < -0.3 is 26.6 Å². The monoisotopic (exact) mass is 454 g/mol. The zero-order valence-corrected chi connectivity index (χ0v) is 21.3. The molecule has 0 aromatic heterocycles. The Kier molecular flexibility index (Phi) is 31.2. The molecule has 10 heteroatoms. The van der Waals surface area contributed by atoms with Gasteiger partial charge in [0.15, 0.2) is 0 Å². The van der Waals surface area contributed by atoms with Crippen LogP contribution in [0.1, 0.15) is 48.5 Å². The van der Waals surface area contributed by atoms with E-state index in [9.17, 15) is 0 Å². The van der Waals surface area contributed by atoms with Crippen LogP contribution in [0.2, 0.25) is 6.04 Å². The Hall–Kier alpha value is 0.774. The van der Waals surface area contributed by atoms with E-state index in [0.29, 0.717) is 51.6 Å². The highest BCUT2D eigenvalue weighted by molar-refractivity contribution is 6.61. The first-order valence-corrected chi connectivity index (χ1v) is 13.8. The minimum atomic E-state index is -2.43. The van der Waals surface area contributed by atoms with Crippen molar-refractivity contribution in [3.8, 4) is 0 Å². The molecule has 0 amide bonds. The number of halogens is 2. The van der Waals surface area contributed by atoms with E-state index in [0.717, 1.165) is 5.88 Å². The van der Waals surface area contributed by atoms with Gasteiger partial charge in [0.2, 0.25) is 0 Å². The molecule has 0 bridgehead atoms. The normalized spacial score (nSPS) is 10.8. The van der Waals surface area contributed by atoms with Crippen LogP contribution in [0.5, 0.6) is 0 Å². The first kappa shape index (κ1) is 31.5. The second-order valence-corrected chi connectivity index (χ2v) is 9.56. The molecule has 26 heavy (non-hydrogen) atoms. The lowest BCUT2D eigenvalue weighted by Gasteiger charge is -2.27. The molecule has 0 aliphatic carbocycles. The van der Waals surface area contributed by atoms with Gasteiger partial charge >= 0.3 is 18.3 Å². The third-order valence-electron chi connectivity index (χ3n) is 2.40. The van der Waals surface area contributed by atoms with E-state index in [4.69, 9.17) is 49.8 Å². The van der Waals surface area contributed by atoms with Crippen molar-refractivity contribution in [2.45, 2.75) is 54.5 Å². The fraction of sp³-hybridized carbons (Fsp3) is 1.00. The number of hydrogen-bond donors (Lipinski definition) is 0. The molecular weight excluding hydrogens is 415 g/mol. The summed E-state index contributed by atoms with van der Waals surface area (Å²) < 4.78 is 32.3. The van der Waals surface area contributed by atoms with E-state index in [2.05, 4.69) is 0 Å². The maximum Gasteiger partial charge on any atom is 0.502 e. The molecule has 0 saturated heterocycles. The highest BCUT2D eigenvalue weighted by atomic mass is 35.5. The predicted octanol–water partition coefficient (Wildman–Crippen LogP) is 4.33. The zero-order valence-electron chi connectivity index (χ0n) is 17.6. The van der Waals surface area contributed by atoms with Gasteiger partial charge in [-0.15, -0.1) is 23.2 Å². The Morgan fingerprint density at radius 1 is 0.615 bits per heavy atom. The van der Waals surface area contributed by atoms with Crippen molar-refractivity contribution < 1.29 is 26.6 Å². The van der Waals surface area contributed by atoms with E-state index in [1.807, 2.05) is 48.5 Å². The average Bonchev–Trinajstić information content (AvgIpc) is 2.58. The smallest absolute Gasteiger partial charge is 0.376 e. The van der Waals surface area contributed by atoms with Crippen LogP contribution in [0.15, 0.2) is 0 Å². The van der Waals surface area contributed by atoms with Crippen molar-refractivity contribution in [3.05, 3.63) is 0 Å². The molecule has 0 radical (unpaired) electrons. The molecule has 0 N–H and O–H groups in total. The van der Waals surface area contributed by atoms with Crippen molar-refractivity contribution in [2.24, 2.45) is 0 Å². The minimum Gasteiger partial charge on any atom is -0.376 e. The summed E-state index contributed by atoms with van der Waals surface area (Å²) in [6.07, 6.45) is 0. The van der Waals surface area contributed by atoms with Crippen LogP contribution in [-0.4, -0.2) is 69.7 Å². The summed E-state index contributed by atoms with van der Waals surface area (Å²) in [5, 5.41) is 0. The Balaban J connectivity index is -0.000000362. The van der Waals surface area contributed by atoms with Gasteiger partial charge in [0.25, 0.3) is 0 Å². The molecule has 0 spiro atoms. The second-order valence-electron chi connectivity index (χ2n) is 4.34. The summed E-state index contributed by atoms with van der Waals surface area (Å²) in [5.41, 5.74) is 0. The molecule has 0 rings (SSSR count). The lowest BCUT2D eigenvalue weighted by atomic mass is 10.9. The van der Waals surface area contributed by atoms with Gasteiger partial charge in [-0.25, -0.2) is 0 Å². The summed E-state index contributed by atoms with van der Waals surface area (Å²) >= 11 is 10.7. The lowest BCUT2D eigenvalue weighted by Crippen LogP contribution is -2.46. The van der Waals surface area contributed by atoms with E-state index < -0.39 is 18.3 Å². The maximum absolute atomic E-state index is 5.69. The van der Waals surface area contributed by atoms with Gasteiger partial charge in [-0.3, -0.25) is 0 Å². The van der Waals surface area contributed by atoms with E-state index in [1.54, 1.807) is 0 Å². The third-order valence-corrected chi connectivity index (χ3v) is 7.77. The van der Waals surface area contributed by atoms with E-state index >= 15 is 0 Å². The molecule has 0 aliphatic rings. The fourth-order valence-electron chi connectivity index (χ4n) is 1.67. The number of rotatable bonds is 14. The fourth-order valence-corrected chi connectivity index (χ4v) is 5.70. The molecule has 0 heterocycles. The van der Waals surface area contributed by atoms with Gasteiger partial charge in [0.05, 0.1) is 0 Å². The van der Waals surface area contributed by atoms with Crippen molar-refractivity contribution in [2.75, 3.05) is 51.4 Å². The lowest BCUT2D eigenvalue weighted by molar-refractivity contribution is 0.0728. The van der Waals surface area contributed by atoms with Crippen molar-refractivity contribution in [1.29, 1.82) is 0 Å². The quantitative estimate of drug-likeness (QED) is 0.287. The van der Waals surface area contributed by atoms with Crippen LogP contribution >= 0.6 is 23.2 Å². The molecule has 0 fully saturated rings. The van der Waals surface area contributed by atoms with Gasteiger partial charge in [-0.05, 0) is 41.5 Å². The van der Waals surface area contributed by atoms with Crippen LogP contribution in [0.3, 0.4) is 0 Å². The molecule has 0 atom stereocenters. The summed E-state index contributed by atoms with van der Waals surface area (Å²) in [6.45, 7) is 17.4. The van der Waals surface area contributed by atoms with Crippen molar-refractivity contribution in [1.82, 2.24) is 0 Å². The largest absolute Gasteiger partial charge is 0.502 e. The van der Waals surface area contributed by atoms with E-state index in [1.165, 1.54) is 0 Å². The summed E-state index contributed by atoms with van der Waals surface area (Å²) in [5.74, 6) is 1.24. The maximum atomic E-state index is 5.69. The van der Waals surface area contributed by atoms with Gasteiger partial charge in [0, 0.05) is 57.4 Å². The Labute approximate surface area is 174 Å². The second kappa shape index (κ2) is 25.8. The number of hydrogen-bond acceptors (Lipinski definition) is 6. The average molecular weight is 456 g/mol. The molecule has 0 aromatic carbocycles. The zero-order chi connectivity index (χ0) is 20.7. The standard InChI is InChI=1S/C8H19ClO3Si.C6H16O3Si.C2H5Cl/c1-4-10-13(8-7-9,11-5-2)12-6-3;1-4-7-10(8-5-2)9-6-3;1-2-3/h4-8H2,1-3H3;10H,4-6H2,1-3H3;2H2,1H3.